The monoisotopic (exact) mass is 1010 g/mol. The highest BCUT2D eigenvalue weighted by Gasteiger charge is 2.27. The minimum Gasteiger partial charge on any atom is -0.387 e. The second-order valence-corrected chi connectivity index (χ2v) is 23.2. The molecular weight excluding hydrogens is 888 g/mol. The van der Waals surface area contributed by atoms with Gasteiger partial charge in [-0.1, -0.05) is 262 Å². The van der Waals surface area contributed by atoms with Crippen molar-refractivity contribution in [2.24, 2.45) is 0 Å². The summed E-state index contributed by atoms with van der Waals surface area (Å²) in [6.07, 6.45) is 69.5. The van der Waals surface area contributed by atoms with Gasteiger partial charge < -0.3 is 19.8 Å². The van der Waals surface area contributed by atoms with Crippen molar-refractivity contribution in [2.45, 2.75) is 296 Å². The number of hydrogen-bond donors (Lipinski definition) is 3. The molecule has 0 radical (unpaired) electrons. The second kappa shape index (κ2) is 52.3. The van der Waals surface area contributed by atoms with Gasteiger partial charge in [-0.2, -0.15) is 0 Å². The maximum Gasteiger partial charge on any atom is 0.472 e. The summed E-state index contributed by atoms with van der Waals surface area (Å²) < 4.78 is 23.7. The molecule has 70 heavy (non-hydrogen) atoms. The van der Waals surface area contributed by atoms with E-state index in [2.05, 4.69) is 55.6 Å². The molecule has 0 rings (SSSR count). The first-order valence-electron chi connectivity index (χ1n) is 30.0. The van der Waals surface area contributed by atoms with Crippen LogP contribution in [0, 0.1) is 0 Å². The van der Waals surface area contributed by atoms with E-state index in [1.54, 1.807) is 6.08 Å². The minimum absolute atomic E-state index is 0.0569. The van der Waals surface area contributed by atoms with Gasteiger partial charge in [-0.3, -0.25) is 13.8 Å². The summed E-state index contributed by atoms with van der Waals surface area (Å²) in [7, 11) is 1.56. The Morgan fingerprint density at radius 3 is 1.23 bits per heavy atom. The summed E-state index contributed by atoms with van der Waals surface area (Å²) in [6.45, 7) is 4.80. The Morgan fingerprint density at radius 2 is 0.829 bits per heavy atom. The van der Waals surface area contributed by atoms with Crippen LogP contribution in [-0.2, 0) is 18.4 Å². The third-order valence-corrected chi connectivity index (χ3v) is 14.5. The summed E-state index contributed by atoms with van der Waals surface area (Å²) in [6, 6.07) is -0.862. The number of carbonyl (C=O) groups excluding carboxylic acids is 1. The van der Waals surface area contributed by atoms with Gasteiger partial charge in [-0.25, -0.2) is 4.57 Å². The molecule has 9 heteroatoms. The van der Waals surface area contributed by atoms with E-state index in [0.29, 0.717) is 17.4 Å². The van der Waals surface area contributed by atoms with Crippen molar-refractivity contribution in [1.82, 2.24) is 5.32 Å². The van der Waals surface area contributed by atoms with Crippen LogP contribution in [0.15, 0.2) is 48.6 Å². The fourth-order valence-corrected chi connectivity index (χ4v) is 9.53. The zero-order chi connectivity index (χ0) is 51.3. The molecule has 0 aromatic heterocycles. The average Bonchev–Trinajstić information content (AvgIpc) is 3.32. The topological polar surface area (TPSA) is 105 Å². The van der Waals surface area contributed by atoms with Gasteiger partial charge in [-0.15, -0.1) is 0 Å². The Hall–Kier alpha value is -1.54. The summed E-state index contributed by atoms with van der Waals surface area (Å²) in [5.41, 5.74) is 0. The highest BCUT2D eigenvalue weighted by atomic mass is 31.2. The predicted octanol–water partition coefficient (Wildman–Crippen LogP) is 18.3. The van der Waals surface area contributed by atoms with Crippen LogP contribution >= 0.6 is 7.82 Å². The van der Waals surface area contributed by atoms with E-state index >= 15 is 0 Å². The molecule has 0 spiro atoms. The number of amides is 1. The molecule has 3 atom stereocenters. The van der Waals surface area contributed by atoms with E-state index < -0.39 is 20.0 Å². The van der Waals surface area contributed by atoms with E-state index in [9.17, 15) is 19.4 Å². The number of nitrogens with zero attached hydrogens (tertiary/aromatic N) is 1. The number of rotatable bonds is 55. The van der Waals surface area contributed by atoms with Crippen molar-refractivity contribution >= 4 is 13.7 Å². The van der Waals surface area contributed by atoms with Gasteiger partial charge in [-0.05, 0) is 64.2 Å². The molecule has 412 valence electrons. The lowest BCUT2D eigenvalue weighted by Crippen LogP contribution is -2.45. The normalized spacial score (nSPS) is 14.2. The van der Waals surface area contributed by atoms with Crippen LogP contribution in [0.25, 0.3) is 0 Å². The standard InChI is InChI=1S/C61H117N2O6P/c1-6-8-10-12-14-16-18-20-22-23-24-25-26-27-28-29-30-31-32-33-34-35-36-37-38-39-41-43-45-47-49-51-53-55-61(65)62-59(58-69-70(66,67)68-57-56-63(3,4)5)60(64)54-52-50-48-46-44-42-40-21-19-17-15-13-11-9-7-2/h18,20,23-24,44,46,52,54,59-60,64H,6-17,19,21-22,25-43,45,47-51,53,55-58H2,1-5H3,(H-,62,65,66,67)/p+1/b20-18-,24-23-,46-44+,54-52+. The predicted molar refractivity (Wildman–Crippen MR) is 304 cm³/mol. The Balaban J connectivity index is 4.04. The van der Waals surface area contributed by atoms with E-state index in [0.717, 1.165) is 44.9 Å². The van der Waals surface area contributed by atoms with Crippen molar-refractivity contribution in [3.05, 3.63) is 48.6 Å². The van der Waals surface area contributed by atoms with Crippen LogP contribution in [0.3, 0.4) is 0 Å². The zero-order valence-corrected chi connectivity index (χ0v) is 47.9. The van der Waals surface area contributed by atoms with Gasteiger partial charge in [0.25, 0.3) is 0 Å². The maximum atomic E-state index is 13.0. The van der Waals surface area contributed by atoms with Crippen LogP contribution in [0.2, 0.25) is 0 Å². The Bertz CT molecular complexity index is 1280. The first kappa shape index (κ1) is 68.5. The molecule has 0 aromatic rings. The molecule has 3 unspecified atom stereocenters. The van der Waals surface area contributed by atoms with E-state index in [1.165, 1.54) is 218 Å². The lowest BCUT2D eigenvalue weighted by molar-refractivity contribution is -0.870. The van der Waals surface area contributed by atoms with Crippen molar-refractivity contribution in [3.8, 4) is 0 Å². The zero-order valence-electron chi connectivity index (χ0n) is 47.0. The summed E-state index contributed by atoms with van der Waals surface area (Å²) in [5, 5.41) is 13.9. The first-order chi connectivity index (χ1) is 34.0. The van der Waals surface area contributed by atoms with Gasteiger partial charge in [0.1, 0.15) is 13.2 Å². The Labute approximate surface area is 435 Å². The molecule has 0 aliphatic carbocycles. The van der Waals surface area contributed by atoms with Crippen LogP contribution in [0.5, 0.6) is 0 Å². The smallest absolute Gasteiger partial charge is 0.387 e. The molecule has 0 saturated heterocycles. The van der Waals surface area contributed by atoms with Crippen molar-refractivity contribution in [3.63, 3.8) is 0 Å². The molecule has 0 saturated carbocycles. The van der Waals surface area contributed by atoms with E-state index in [-0.39, 0.29) is 19.1 Å². The number of carbonyl (C=O) groups is 1. The molecular formula is C61H118N2O6P+. The van der Waals surface area contributed by atoms with Crippen LogP contribution in [-0.4, -0.2) is 73.4 Å². The van der Waals surface area contributed by atoms with Gasteiger partial charge >= 0.3 is 7.82 Å². The highest BCUT2D eigenvalue weighted by Crippen LogP contribution is 2.43. The molecule has 8 nitrogen and oxygen atoms in total. The third kappa shape index (κ3) is 54.2. The number of aliphatic hydroxyl groups is 1. The summed E-state index contributed by atoms with van der Waals surface area (Å²) in [4.78, 5) is 23.3. The van der Waals surface area contributed by atoms with Crippen molar-refractivity contribution in [1.29, 1.82) is 0 Å². The minimum atomic E-state index is -4.35. The van der Waals surface area contributed by atoms with Crippen molar-refractivity contribution < 1.29 is 32.9 Å². The van der Waals surface area contributed by atoms with E-state index in [4.69, 9.17) is 9.05 Å². The molecule has 1 amide bonds. The van der Waals surface area contributed by atoms with Crippen LogP contribution in [0.1, 0.15) is 284 Å². The molecule has 0 aliphatic heterocycles. The number of hydrogen-bond acceptors (Lipinski definition) is 5. The molecule has 3 N–H and O–H groups in total. The number of likely N-dealkylation sites (N-methyl/N-ethyl adjacent to an activating group) is 1. The number of phosphoric ester groups is 1. The van der Waals surface area contributed by atoms with E-state index in [1.807, 2.05) is 27.2 Å². The third-order valence-electron chi connectivity index (χ3n) is 13.5. The summed E-state index contributed by atoms with van der Waals surface area (Å²) in [5.74, 6) is -0.183. The lowest BCUT2D eigenvalue weighted by Gasteiger charge is -2.25. The van der Waals surface area contributed by atoms with Gasteiger partial charge in [0.15, 0.2) is 0 Å². The number of quaternary nitrogens is 1. The fraction of sp³-hybridized carbons (Fsp3) is 0.852. The Kier molecular flexibility index (Phi) is 51.2. The largest absolute Gasteiger partial charge is 0.472 e. The van der Waals surface area contributed by atoms with Crippen LogP contribution in [0.4, 0.5) is 0 Å². The van der Waals surface area contributed by atoms with Crippen molar-refractivity contribution in [2.75, 3.05) is 40.9 Å². The maximum absolute atomic E-state index is 13.0. The molecule has 0 heterocycles. The molecule has 0 aromatic carbocycles. The molecule has 0 fully saturated rings. The number of aliphatic hydroxyl groups excluding tert-OH is 1. The van der Waals surface area contributed by atoms with Crippen LogP contribution < -0.4 is 5.32 Å². The van der Waals surface area contributed by atoms with Gasteiger partial charge in [0.05, 0.1) is 39.9 Å². The molecule has 0 bridgehead atoms. The van der Waals surface area contributed by atoms with Gasteiger partial charge in [0.2, 0.25) is 5.91 Å². The number of phosphoric acid groups is 1. The number of nitrogens with one attached hydrogen (secondary N) is 1. The SMILES string of the molecule is CCCCCCC/C=C\C/C=C\CCCCCCCCCCCCCCCCCCCCCCCC(=O)NC(COP(=O)(O)OCC[N+](C)(C)C)C(O)/C=C/CC/C=C/CCCCCCCCCCC. The highest BCUT2D eigenvalue weighted by molar-refractivity contribution is 7.47. The Morgan fingerprint density at radius 1 is 0.486 bits per heavy atom. The lowest BCUT2D eigenvalue weighted by atomic mass is 10.0. The summed E-state index contributed by atoms with van der Waals surface area (Å²) >= 11 is 0. The first-order valence-corrected chi connectivity index (χ1v) is 31.5. The number of unbranched alkanes of at least 4 members (excludes halogenated alkanes) is 36. The average molecular weight is 1010 g/mol. The fourth-order valence-electron chi connectivity index (χ4n) is 8.80. The molecule has 0 aliphatic rings. The number of allylic oxidation sites excluding steroid dienone is 7. The quantitative estimate of drug-likeness (QED) is 0.0243. The second-order valence-electron chi connectivity index (χ2n) is 21.7. The van der Waals surface area contributed by atoms with Gasteiger partial charge in [0, 0.05) is 6.42 Å².